The van der Waals surface area contributed by atoms with Crippen molar-refractivity contribution in [2.75, 3.05) is 0 Å². The number of hydrogen-bond acceptors (Lipinski definition) is 3. The average molecular weight is 286 g/mol. The molecule has 1 aromatic carbocycles. The Morgan fingerprint density at radius 1 is 1.24 bits per heavy atom. The van der Waals surface area contributed by atoms with E-state index in [2.05, 4.69) is 11.1 Å². The predicted molar refractivity (Wildman–Crippen MR) is 80.0 cm³/mol. The third-order valence-corrected chi connectivity index (χ3v) is 3.85. The molecule has 21 heavy (non-hydrogen) atoms. The smallest absolute Gasteiger partial charge is 0.224 e. The molecule has 0 fully saturated rings. The van der Waals surface area contributed by atoms with E-state index in [1.54, 1.807) is 12.1 Å². The summed E-state index contributed by atoms with van der Waals surface area (Å²) in [7, 11) is 0. The van der Waals surface area contributed by atoms with Crippen LogP contribution in [0, 0.1) is 12.7 Å². The highest BCUT2D eigenvalue weighted by Crippen LogP contribution is 2.30. The predicted octanol–water partition coefficient (Wildman–Crippen LogP) is 3.66. The number of aromatic nitrogens is 1. The highest BCUT2D eigenvalue weighted by molar-refractivity contribution is 5.39. The van der Waals surface area contributed by atoms with Crippen LogP contribution in [0.25, 0.3) is 0 Å². The van der Waals surface area contributed by atoms with E-state index >= 15 is 0 Å². The van der Waals surface area contributed by atoms with E-state index in [1.165, 1.54) is 18.1 Å². The van der Waals surface area contributed by atoms with Crippen LogP contribution in [0.2, 0.25) is 0 Å². The minimum absolute atomic E-state index is 0.202. The fraction of sp³-hybridized carbons (Fsp3) is 0.353. The quantitative estimate of drug-likeness (QED) is 0.936. The van der Waals surface area contributed by atoms with E-state index in [-0.39, 0.29) is 11.6 Å². The van der Waals surface area contributed by atoms with Gasteiger partial charge in [0, 0.05) is 17.8 Å². The number of nitrogens with two attached hydrogens (primary N) is 1. The monoisotopic (exact) mass is 286 g/mol. The average Bonchev–Trinajstić information content (AvgIpc) is 2.50. The molecule has 3 nitrogen and oxygen atoms in total. The van der Waals surface area contributed by atoms with Crippen molar-refractivity contribution in [1.29, 1.82) is 0 Å². The first-order valence-corrected chi connectivity index (χ1v) is 7.33. The van der Waals surface area contributed by atoms with E-state index in [0.29, 0.717) is 12.4 Å². The summed E-state index contributed by atoms with van der Waals surface area (Å²) >= 11 is 0. The van der Waals surface area contributed by atoms with Gasteiger partial charge in [0.1, 0.15) is 0 Å². The van der Waals surface area contributed by atoms with Crippen LogP contribution in [-0.2, 0) is 19.4 Å². The second-order valence-corrected chi connectivity index (χ2v) is 5.51. The lowest BCUT2D eigenvalue weighted by Gasteiger charge is -2.18. The third kappa shape index (κ3) is 2.90. The zero-order valence-electron chi connectivity index (χ0n) is 12.2. The Morgan fingerprint density at radius 3 is 2.86 bits per heavy atom. The number of aryl methyl sites for hydroxylation is 3. The van der Waals surface area contributed by atoms with Crippen molar-refractivity contribution < 1.29 is 9.13 Å². The molecule has 110 valence electrons. The zero-order chi connectivity index (χ0) is 14.8. The first-order valence-electron chi connectivity index (χ1n) is 7.33. The molecule has 0 atom stereocenters. The van der Waals surface area contributed by atoms with Gasteiger partial charge in [-0.05, 0) is 61.9 Å². The van der Waals surface area contributed by atoms with Crippen LogP contribution in [0.5, 0.6) is 11.6 Å². The number of pyridine rings is 1. The highest BCUT2D eigenvalue weighted by atomic mass is 19.1. The summed E-state index contributed by atoms with van der Waals surface area (Å²) in [5.74, 6) is 0.249. The van der Waals surface area contributed by atoms with Crippen molar-refractivity contribution in [3.63, 3.8) is 0 Å². The number of benzene rings is 1. The minimum Gasteiger partial charge on any atom is -0.436 e. The summed E-state index contributed by atoms with van der Waals surface area (Å²) in [6, 6.07) is 6.86. The first kappa shape index (κ1) is 14.0. The summed E-state index contributed by atoms with van der Waals surface area (Å²) in [6.07, 6.45) is 4.31. The van der Waals surface area contributed by atoms with Crippen LogP contribution in [0.4, 0.5) is 4.39 Å². The standard InChI is InChI=1S/C17H19FN2O/c1-11-6-7-14(18)16(8-11)21-17-13(10-19)9-12-4-2-3-5-15(12)20-17/h6-9H,2-5,10,19H2,1H3. The van der Waals surface area contributed by atoms with Crippen LogP contribution in [-0.4, -0.2) is 4.98 Å². The molecule has 0 bridgehead atoms. The van der Waals surface area contributed by atoms with Crippen molar-refractivity contribution >= 4 is 0 Å². The lowest BCUT2D eigenvalue weighted by atomic mass is 9.95. The highest BCUT2D eigenvalue weighted by Gasteiger charge is 2.17. The Labute approximate surface area is 124 Å². The first-order chi connectivity index (χ1) is 10.2. The summed E-state index contributed by atoms with van der Waals surface area (Å²) < 4.78 is 19.6. The Bertz CT molecular complexity index is 670. The second kappa shape index (κ2) is 5.82. The molecular weight excluding hydrogens is 267 g/mol. The molecule has 3 rings (SSSR count). The maximum absolute atomic E-state index is 13.8. The molecule has 1 aliphatic carbocycles. The maximum Gasteiger partial charge on any atom is 0.224 e. The minimum atomic E-state index is -0.386. The van der Waals surface area contributed by atoms with Gasteiger partial charge in [-0.3, -0.25) is 0 Å². The van der Waals surface area contributed by atoms with E-state index in [4.69, 9.17) is 10.5 Å². The van der Waals surface area contributed by atoms with E-state index in [9.17, 15) is 4.39 Å². The molecule has 2 aromatic rings. The molecule has 0 aliphatic heterocycles. The third-order valence-electron chi connectivity index (χ3n) is 3.85. The Morgan fingerprint density at radius 2 is 2.05 bits per heavy atom. The zero-order valence-corrected chi connectivity index (χ0v) is 12.2. The summed E-state index contributed by atoms with van der Waals surface area (Å²) in [5.41, 5.74) is 9.87. The number of hydrogen-bond donors (Lipinski definition) is 1. The fourth-order valence-corrected chi connectivity index (χ4v) is 2.69. The molecule has 0 spiro atoms. The Kier molecular flexibility index (Phi) is 3.88. The number of ether oxygens (including phenoxy) is 1. The van der Waals surface area contributed by atoms with Crippen LogP contribution in [0.1, 0.15) is 35.2 Å². The molecule has 1 aliphatic rings. The number of rotatable bonds is 3. The molecule has 0 saturated carbocycles. The second-order valence-electron chi connectivity index (χ2n) is 5.51. The SMILES string of the molecule is Cc1ccc(F)c(Oc2nc3c(cc2CN)CCCC3)c1. The van der Waals surface area contributed by atoms with E-state index in [0.717, 1.165) is 36.1 Å². The van der Waals surface area contributed by atoms with Gasteiger partial charge >= 0.3 is 0 Å². The molecule has 0 radical (unpaired) electrons. The number of fused-ring (bicyclic) bond motifs is 1. The van der Waals surface area contributed by atoms with Gasteiger partial charge in [0.25, 0.3) is 0 Å². The van der Waals surface area contributed by atoms with E-state index in [1.807, 2.05) is 6.92 Å². The van der Waals surface area contributed by atoms with Gasteiger partial charge in [0.2, 0.25) is 5.88 Å². The number of nitrogens with zero attached hydrogens (tertiary/aromatic N) is 1. The van der Waals surface area contributed by atoms with Gasteiger partial charge in [0.05, 0.1) is 0 Å². The molecule has 1 aromatic heterocycles. The molecule has 2 N–H and O–H groups in total. The maximum atomic E-state index is 13.8. The van der Waals surface area contributed by atoms with Crippen LogP contribution in [0.15, 0.2) is 24.3 Å². The Balaban J connectivity index is 1.99. The van der Waals surface area contributed by atoms with Crippen molar-refractivity contribution in [3.05, 3.63) is 52.5 Å². The summed E-state index contributed by atoms with van der Waals surface area (Å²) in [6.45, 7) is 2.24. The van der Waals surface area contributed by atoms with Gasteiger partial charge in [0.15, 0.2) is 11.6 Å². The molecule has 0 unspecified atom stereocenters. The van der Waals surface area contributed by atoms with Crippen LogP contribution >= 0.6 is 0 Å². The summed E-state index contributed by atoms with van der Waals surface area (Å²) in [4.78, 5) is 4.58. The molecule has 1 heterocycles. The fourth-order valence-electron chi connectivity index (χ4n) is 2.69. The number of halogens is 1. The normalized spacial score (nSPS) is 13.9. The summed E-state index contributed by atoms with van der Waals surface area (Å²) in [5, 5.41) is 0. The molecule has 0 saturated heterocycles. The van der Waals surface area contributed by atoms with Gasteiger partial charge in [-0.15, -0.1) is 0 Å². The largest absolute Gasteiger partial charge is 0.436 e. The lowest BCUT2D eigenvalue weighted by molar-refractivity contribution is 0.419. The van der Waals surface area contributed by atoms with Gasteiger partial charge in [-0.1, -0.05) is 6.07 Å². The lowest BCUT2D eigenvalue weighted by Crippen LogP contribution is -2.10. The Hall–Kier alpha value is -1.94. The van der Waals surface area contributed by atoms with Gasteiger partial charge in [-0.2, -0.15) is 0 Å². The van der Waals surface area contributed by atoms with Crippen molar-refractivity contribution in [2.24, 2.45) is 5.73 Å². The van der Waals surface area contributed by atoms with Gasteiger partial charge in [-0.25, -0.2) is 9.37 Å². The molecular formula is C17H19FN2O. The topological polar surface area (TPSA) is 48.1 Å². The van der Waals surface area contributed by atoms with Crippen molar-refractivity contribution in [3.8, 4) is 11.6 Å². The molecule has 0 amide bonds. The van der Waals surface area contributed by atoms with E-state index < -0.39 is 0 Å². The van der Waals surface area contributed by atoms with Crippen LogP contribution in [0.3, 0.4) is 0 Å². The van der Waals surface area contributed by atoms with Crippen molar-refractivity contribution in [2.45, 2.75) is 39.2 Å². The van der Waals surface area contributed by atoms with Crippen LogP contribution < -0.4 is 10.5 Å². The molecule has 4 heteroatoms. The van der Waals surface area contributed by atoms with Crippen molar-refractivity contribution in [1.82, 2.24) is 4.98 Å². The van der Waals surface area contributed by atoms with Gasteiger partial charge < -0.3 is 10.5 Å².